The summed E-state index contributed by atoms with van der Waals surface area (Å²) in [7, 11) is 0. The number of carbonyl (C=O) groups is 1. The van der Waals surface area contributed by atoms with Gasteiger partial charge in [-0.25, -0.2) is 9.97 Å². The fraction of sp³-hybridized carbons (Fsp3) is 0.448. The minimum Gasteiger partial charge on any atom is -0.370 e. The molecule has 2 N–H and O–H groups in total. The number of primary amides is 1. The average molecular weight is 582 g/mol. The number of hydrogen-bond donors (Lipinski definition) is 1. The van der Waals surface area contributed by atoms with Gasteiger partial charge in [0.15, 0.2) is 0 Å². The van der Waals surface area contributed by atoms with Crippen LogP contribution >= 0.6 is 11.3 Å². The van der Waals surface area contributed by atoms with E-state index in [-0.39, 0.29) is 16.7 Å². The molecule has 6 rings (SSSR count). The third kappa shape index (κ3) is 5.36. The molecule has 8 nitrogen and oxygen atoms in total. The topological polar surface area (TPSA) is 104 Å². The molecule has 2 fully saturated rings. The molecule has 2 saturated heterocycles. The highest BCUT2D eigenvalue weighted by atomic mass is 32.1. The van der Waals surface area contributed by atoms with Crippen LogP contribution in [-0.2, 0) is 24.3 Å². The summed E-state index contributed by atoms with van der Waals surface area (Å²) in [6.45, 7) is 6.89. The number of halogens is 3. The van der Waals surface area contributed by atoms with Gasteiger partial charge >= 0.3 is 6.18 Å². The second-order valence-corrected chi connectivity index (χ2v) is 12.5. The molecule has 0 radical (unpaired) electrons. The van der Waals surface area contributed by atoms with Gasteiger partial charge in [0.05, 0.1) is 11.8 Å². The zero-order valence-corrected chi connectivity index (χ0v) is 23.5. The van der Waals surface area contributed by atoms with Crippen molar-refractivity contribution in [3.05, 3.63) is 52.3 Å². The molecule has 0 aliphatic carbocycles. The zero-order valence-electron chi connectivity index (χ0n) is 22.7. The Morgan fingerprint density at radius 2 is 1.93 bits per heavy atom. The molecule has 4 aromatic rings. The monoisotopic (exact) mass is 581 g/mol. The van der Waals surface area contributed by atoms with Crippen LogP contribution in [0, 0.1) is 23.7 Å². The molecule has 3 aromatic heterocycles. The van der Waals surface area contributed by atoms with Crippen molar-refractivity contribution in [2.24, 2.45) is 11.1 Å². The van der Waals surface area contributed by atoms with E-state index >= 15 is 0 Å². The lowest BCUT2D eigenvalue weighted by Crippen LogP contribution is -2.60. The Balaban J connectivity index is 1.10. The van der Waals surface area contributed by atoms with E-state index in [1.54, 1.807) is 6.07 Å². The lowest BCUT2D eigenvalue weighted by molar-refractivity contribution is -0.126. The number of thiophene rings is 1. The highest BCUT2D eigenvalue weighted by Crippen LogP contribution is 2.45. The number of piperidine rings is 1. The van der Waals surface area contributed by atoms with Gasteiger partial charge in [-0.3, -0.25) is 9.69 Å². The number of aromatic nitrogens is 3. The summed E-state index contributed by atoms with van der Waals surface area (Å²) in [5.74, 6) is 0.338. The third-order valence-electron chi connectivity index (χ3n) is 8.56. The van der Waals surface area contributed by atoms with Crippen molar-refractivity contribution in [1.82, 2.24) is 19.4 Å². The number of nitriles is 1. The van der Waals surface area contributed by atoms with Crippen LogP contribution in [0.4, 0.5) is 19.0 Å². The molecule has 5 heterocycles. The number of aryl methyl sites for hydroxylation is 2. The maximum absolute atomic E-state index is 12.9. The Labute approximate surface area is 239 Å². The number of rotatable bonds is 7. The van der Waals surface area contributed by atoms with Crippen LogP contribution in [0.3, 0.4) is 0 Å². The summed E-state index contributed by atoms with van der Waals surface area (Å²) < 4.78 is 40.6. The van der Waals surface area contributed by atoms with Crippen molar-refractivity contribution >= 4 is 44.2 Å². The molecule has 41 heavy (non-hydrogen) atoms. The first kappa shape index (κ1) is 27.5. The largest absolute Gasteiger partial charge is 0.393 e. The fourth-order valence-corrected chi connectivity index (χ4v) is 7.35. The molecule has 214 valence electrons. The maximum atomic E-state index is 12.9. The maximum Gasteiger partial charge on any atom is 0.393 e. The lowest BCUT2D eigenvalue weighted by atomic mass is 9.72. The number of likely N-dealkylation sites (tertiary alicyclic amines) is 1. The summed E-state index contributed by atoms with van der Waals surface area (Å²) >= 11 is 1.09. The van der Waals surface area contributed by atoms with Crippen LogP contribution in [-0.4, -0.2) is 57.7 Å². The fourth-order valence-electron chi connectivity index (χ4n) is 6.33. The van der Waals surface area contributed by atoms with Crippen LogP contribution in [0.25, 0.3) is 21.1 Å². The summed E-state index contributed by atoms with van der Waals surface area (Å²) in [5, 5.41) is 11.4. The second-order valence-electron chi connectivity index (χ2n) is 11.3. The normalized spacial score (nSPS) is 17.3. The summed E-state index contributed by atoms with van der Waals surface area (Å²) in [6.07, 6.45) is -1.47. The number of amides is 1. The number of anilines is 1. The van der Waals surface area contributed by atoms with E-state index in [4.69, 9.17) is 5.73 Å². The number of nitrogens with zero attached hydrogens (tertiary/aromatic N) is 6. The quantitative estimate of drug-likeness (QED) is 0.333. The van der Waals surface area contributed by atoms with E-state index in [1.165, 1.54) is 11.9 Å². The lowest BCUT2D eigenvalue weighted by Gasteiger charge is -2.54. The van der Waals surface area contributed by atoms with E-state index in [0.717, 1.165) is 79.2 Å². The SMILES string of the molecule is Cc1c(CN2CCC3(CC2)CN(c2ncnc4sc(CC(F)(F)F)cc24)C3)ccc2c1cc(C#N)n2CCC(N)=O. The van der Waals surface area contributed by atoms with E-state index in [1.807, 2.05) is 16.7 Å². The third-order valence-corrected chi connectivity index (χ3v) is 9.60. The van der Waals surface area contributed by atoms with Crippen LogP contribution in [0.1, 0.15) is 41.0 Å². The zero-order chi connectivity index (χ0) is 28.9. The van der Waals surface area contributed by atoms with Gasteiger partial charge in [-0.2, -0.15) is 18.4 Å². The minimum absolute atomic E-state index is 0.181. The molecule has 0 saturated carbocycles. The summed E-state index contributed by atoms with van der Waals surface area (Å²) in [4.78, 5) is 25.5. The van der Waals surface area contributed by atoms with Crippen LogP contribution in [0.15, 0.2) is 30.6 Å². The highest BCUT2D eigenvalue weighted by molar-refractivity contribution is 7.18. The van der Waals surface area contributed by atoms with Gasteiger partial charge in [-0.15, -0.1) is 11.3 Å². The first-order valence-corrected chi connectivity index (χ1v) is 14.4. The van der Waals surface area contributed by atoms with Crippen molar-refractivity contribution in [3.8, 4) is 6.07 Å². The highest BCUT2D eigenvalue weighted by Gasteiger charge is 2.46. The van der Waals surface area contributed by atoms with Crippen molar-refractivity contribution in [1.29, 1.82) is 5.26 Å². The van der Waals surface area contributed by atoms with Gasteiger partial charge < -0.3 is 15.2 Å². The van der Waals surface area contributed by atoms with Crippen LogP contribution in [0.5, 0.6) is 0 Å². The first-order chi connectivity index (χ1) is 19.5. The molecule has 2 aliphatic rings. The van der Waals surface area contributed by atoms with Crippen molar-refractivity contribution in [2.45, 2.75) is 51.9 Å². The van der Waals surface area contributed by atoms with E-state index < -0.39 is 18.5 Å². The average Bonchev–Trinajstić information content (AvgIpc) is 3.47. The van der Waals surface area contributed by atoms with E-state index in [9.17, 15) is 23.2 Å². The molecular formula is C29H30F3N7OS. The van der Waals surface area contributed by atoms with Crippen molar-refractivity contribution < 1.29 is 18.0 Å². The molecule has 2 aliphatic heterocycles. The number of hydrogen-bond acceptors (Lipinski definition) is 7. The minimum atomic E-state index is -4.25. The Kier molecular flexibility index (Phi) is 6.90. The molecule has 0 unspecified atom stereocenters. The molecule has 1 amide bonds. The first-order valence-electron chi connectivity index (χ1n) is 13.6. The summed E-state index contributed by atoms with van der Waals surface area (Å²) in [5.41, 5.74) is 9.34. The Hall–Kier alpha value is -3.69. The van der Waals surface area contributed by atoms with Gasteiger partial charge in [0.25, 0.3) is 0 Å². The van der Waals surface area contributed by atoms with Crippen LogP contribution < -0.4 is 10.6 Å². The summed E-state index contributed by atoms with van der Waals surface area (Å²) in [6, 6.07) is 9.88. The number of alkyl halides is 3. The smallest absolute Gasteiger partial charge is 0.370 e. The number of benzene rings is 1. The predicted molar refractivity (Wildman–Crippen MR) is 152 cm³/mol. The Morgan fingerprint density at radius 3 is 2.61 bits per heavy atom. The Bertz CT molecular complexity index is 1670. The molecule has 0 atom stereocenters. The van der Waals surface area contributed by atoms with Gasteiger partial charge in [0.2, 0.25) is 5.91 Å². The number of carbonyl (C=O) groups excluding carboxylic acids is 1. The van der Waals surface area contributed by atoms with Crippen molar-refractivity contribution in [2.75, 3.05) is 31.1 Å². The van der Waals surface area contributed by atoms with Crippen molar-refractivity contribution in [3.63, 3.8) is 0 Å². The van der Waals surface area contributed by atoms with Gasteiger partial charge in [-0.1, -0.05) is 6.07 Å². The molecule has 12 heteroatoms. The van der Waals surface area contributed by atoms with E-state index in [0.29, 0.717) is 22.5 Å². The molecular weight excluding hydrogens is 551 g/mol. The predicted octanol–water partition coefficient (Wildman–Crippen LogP) is 4.91. The van der Waals surface area contributed by atoms with E-state index in [2.05, 4.69) is 38.8 Å². The molecule has 1 spiro atoms. The standard InChI is InChI=1S/C29H30F3N7OS/c1-18-19(2-3-24-22(18)10-20(13-33)39(24)7-4-25(34)40)14-37-8-5-28(6-9-37)15-38(16-28)26-23-11-21(12-29(30,31)32)41-27(23)36-17-35-26/h2-3,10-11,17H,4-9,12,14-16H2,1H3,(H2,34,40). The Morgan fingerprint density at radius 1 is 1.17 bits per heavy atom. The van der Waals surface area contributed by atoms with Gasteiger partial charge in [-0.05, 0) is 62.2 Å². The molecule has 1 aromatic carbocycles. The molecule has 0 bridgehead atoms. The number of fused-ring (bicyclic) bond motifs is 2. The second kappa shape index (κ2) is 10.3. The van der Waals surface area contributed by atoms with Crippen LogP contribution in [0.2, 0.25) is 0 Å². The van der Waals surface area contributed by atoms with Gasteiger partial charge in [0, 0.05) is 53.8 Å². The number of nitrogens with two attached hydrogens (primary N) is 1. The van der Waals surface area contributed by atoms with Gasteiger partial charge in [0.1, 0.15) is 28.7 Å².